The smallest absolute Gasteiger partial charge is 0.412 e. The van der Waals surface area contributed by atoms with E-state index in [2.05, 4.69) is 30.1 Å². The van der Waals surface area contributed by atoms with Crippen LogP contribution in [0.15, 0.2) is 78.0 Å². The van der Waals surface area contributed by atoms with Gasteiger partial charge < -0.3 is 39.3 Å². The minimum absolute atomic E-state index is 0.0287. The molecule has 2 aromatic carbocycles. The summed E-state index contributed by atoms with van der Waals surface area (Å²) < 4.78 is 26.3. The second-order valence-electron chi connectivity index (χ2n) is 17.7. The molecule has 5 rings (SSSR count). The number of amides is 2. The fraction of sp³-hybridized carbons (Fsp3) is 0.635. The van der Waals surface area contributed by atoms with Gasteiger partial charge in [0.2, 0.25) is 5.79 Å². The minimum Gasteiger partial charge on any atom is -0.459 e. The topological polar surface area (TPSA) is 148 Å². The van der Waals surface area contributed by atoms with E-state index in [4.69, 9.17) is 23.8 Å². The first-order valence-electron chi connectivity index (χ1n) is 24.4. The number of unbranched alkanes of at least 4 members (excludes halogenated alkanes) is 11. The molecule has 1 fully saturated rings. The van der Waals surface area contributed by atoms with E-state index >= 15 is 0 Å². The number of nitrogens with zero attached hydrogens (tertiary/aromatic N) is 2. The van der Waals surface area contributed by atoms with E-state index in [1.807, 2.05) is 49.4 Å². The van der Waals surface area contributed by atoms with E-state index in [1.54, 1.807) is 17.0 Å². The van der Waals surface area contributed by atoms with Crippen LogP contribution in [0.25, 0.3) is 0 Å². The van der Waals surface area contributed by atoms with Crippen molar-refractivity contribution in [2.24, 2.45) is 22.9 Å². The van der Waals surface area contributed by atoms with Crippen LogP contribution in [-0.2, 0) is 20.9 Å². The van der Waals surface area contributed by atoms with Gasteiger partial charge in [-0.3, -0.25) is 4.90 Å². The Morgan fingerprint density at radius 1 is 0.906 bits per heavy atom. The second-order valence-corrected chi connectivity index (χ2v) is 17.7. The Morgan fingerprint density at radius 3 is 2.28 bits per heavy atom. The van der Waals surface area contributed by atoms with E-state index in [0.29, 0.717) is 49.6 Å². The Hall–Kier alpha value is -4.39. The van der Waals surface area contributed by atoms with Crippen molar-refractivity contribution < 1.29 is 43.6 Å². The van der Waals surface area contributed by atoms with Crippen LogP contribution in [0.2, 0.25) is 0 Å². The molecule has 2 aromatic rings. The molecule has 64 heavy (non-hydrogen) atoms. The van der Waals surface area contributed by atoms with Crippen molar-refractivity contribution >= 4 is 17.9 Å². The number of allylic oxidation sites excluding steroid dienone is 1. The zero-order valence-corrected chi connectivity index (χ0v) is 39.0. The van der Waals surface area contributed by atoms with Crippen LogP contribution in [0, 0.1) is 17.8 Å². The Kier molecular flexibility index (Phi) is 21.5. The third-order valence-corrected chi connectivity index (χ3v) is 13.1. The van der Waals surface area contributed by atoms with Crippen molar-refractivity contribution in [3.8, 4) is 11.5 Å². The molecule has 2 aliphatic carbocycles. The average molecular weight is 888 g/mol. The predicted octanol–water partition coefficient (Wildman–Crippen LogP) is 11.0. The molecule has 12 heteroatoms. The van der Waals surface area contributed by atoms with Gasteiger partial charge in [-0.15, -0.1) is 6.58 Å². The summed E-state index contributed by atoms with van der Waals surface area (Å²) in [6.45, 7) is 9.63. The third-order valence-electron chi connectivity index (χ3n) is 13.1. The molecule has 3 aliphatic rings. The number of hydrogen-bond acceptors (Lipinski definition) is 10. The number of oxime groups is 1. The Bertz CT molecular complexity index is 1790. The van der Waals surface area contributed by atoms with Crippen molar-refractivity contribution in [3.05, 3.63) is 84.0 Å². The number of carbonyl (C=O) groups is 2. The molecule has 1 saturated carbocycles. The standard InChI is InChI=1S/C52H77N3O9/c1-5-8-9-10-11-12-13-14-15-21-30-53-50(58)63-41-28-29-46-44(36-41)48-42(27-20-23-33-57)40(26-19-22-32-56)35-43-45(54-60-4)37-47(52(64-46,49(43)48)62-34-7-3)55(31-6-2)51(59)61-38-39-24-17-16-18-25-39/h7,16-18,24-25,28-29,35-36,40,42,47-49,56-57H,3,5-6,8-15,19-23,26-27,30-34,37-38H2,1-2,4H3,(H,53,58). The van der Waals surface area contributed by atoms with E-state index in [0.717, 1.165) is 61.6 Å². The quantitative estimate of drug-likeness (QED) is 0.0412. The van der Waals surface area contributed by atoms with Gasteiger partial charge in [0.1, 0.15) is 31.3 Å². The van der Waals surface area contributed by atoms with Gasteiger partial charge in [-0.05, 0) is 79.7 Å². The van der Waals surface area contributed by atoms with Crippen LogP contribution in [0.1, 0.15) is 146 Å². The summed E-state index contributed by atoms with van der Waals surface area (Å²) in [6, 6.07) is 14.5. The third kappa shape index (κ3) is 13.6. The van der Waals surface area contributed by atoms with Crippen molar-refractivity contribution in [2.75, 3.05) is 40.0 Å². The fourth-order valence-corrected chi connectivity index (χ4v) is 10.2. The molecule has 3 N–H and O–H groups in total. The molecule has 12 nitrogen and oxygen atoms in total. The summed E-state index contributed by atoms with van der Waals surface area (Å²) in [6.07, 6.45) is 20.6. The van der Waals surface area contributed by atoms with Crippen LogP contribution >= 0.6 is 0 Å². The van der Waals surface area contributed by atoms with E-state index in [-0.39, 0.29) is 50.6 Å². The summed E-state index contributed by atoms with van der Waals surface area (Å²) in [5.74, 6) is -1.07. The van der Waals surface area contributed by atoms with Crippen molar-refractivity contribution in [1.29, 1.82) is 0 Å². The number of carbonyl (C=O) groups excluding carboxylic acids is 2. The van der Waals surface area contributed by atoms with Gasteiger partial charge in [-0.2, -0.15) is 0 Å². The van der Waals surface area contributed by atoms with Crippen LogP contribution in [0.4, 0.5) is 9.59 Å². The summed E-state index contributed by atoms with van der Waals surface area (Å²) in [5, 5.41) is 27.4. The first-order valence-corrected chi connectivity index (χ1v) is 24.4. The number of rotatable bonds is 29. The lowest BCUT2D eigenvalue weighted by Crippen LogP contribution is -2.70. The molecule has 354 valence electrons. The number of aliphatic hydroxyl groups is 2. The number of fused-ring (bicyclic) bond motifs is 2. The maximum absolute atomic E-state index is 14.4. The van der Waals surface area contributed by atoms with Crippen molar-refractivity contribution in [1.82, 2.24) is 10.2 Å². The van der Waals surface area contributed by atoms with E-state index in [9.17, 15) is 19.8 Å². The largest absolute Gasteiger partial charge is 0.459 e. The van der Waals surface area contributed by atoms with Gasteiger partial charge in [-0.1, -0.05) is 132 Å². The van der Waals surface area contributed by atoms with Crippen LogP contribution < -0.4 is 14.8 Å². The lowest BCUT2D eigenvalue weighted by molar-refractivity contribution is -0.255. The van der Waals surface area contributed by atoms with Crippen LogP contribution in [0.3, 0.4) is 0 Å². The first-order chi connectivity index (χ1) is 31.3. The number of benzene rings is 2. The molecule has 6 unspecified atom stereocenters. The second kappa shape index (κ2) is 27.2. The molecule has 0 saturated heterocycles. The van der Waals surface area contributed by atoms with Crippen LogP contribution in [0.5, 0.6) is 11.5 Å². The number of nitrogens with one attached hydrogen (secondary N) is 1. The highest BCUT2D eigenvalue weighted by Gasteiger charge is 2.65. The summed E-state index contributed by atoms with van der Waals surface area (Å²) in [5.41, 5.74) is 3.38. The average Bonchev–Trinajstić information content (AvgIpc) is 3.30. The molecule has 1 heterocycles. The number of ether oxygens (including phenoxy) is 4. The van der Waals surface area contributed by atoms with Gasteiger partial charge in [-0.25, -0.2) is 9.59 Å². The summed E-state index contributed by atoms with van der Waals surface area (Å²) in [7, 11) is 1.53. The van der Waals surface area contributed by atoms with E-state index in [1.165, 1.54) is 52.1 Å². The Labute approximate surface area is 382 Å². The molecule has 0 bridgehead atoms. The zero-order chi connectivity index (χ0) is 45.6. The van der Waals surface area contributed by atoms with E-state index < -0.39 is 29.9 Å². The summed E-state index contributed by atoms with van der Waals surface area (Å²) >= 11 is 0. The first kappa shape index (κ1) is 50.6. The van der Waals surface area contributed by atoms with Crippen molar-refractivity contribution in [2.45, 2.75) is 154 Å². The fourth-order valence-electron chi connectivity index (χ4n) is 10.2. The molecular weight excluding hydrogens is 811 g/mol. The van der Waals surface area contributed by atoms with Gasteiger partial charge in [0.25, 0.3) is 0 Å². The Morgan fingerprint density at radius 2 is 1.61 bits per heavy atom. The molecular formula is C52H77N3O9. The number of hydrogen-bond donors (Lipinski definition) is 3. The normalized spacial score (nSPS) is 22.7. The van der Waals surface area contributed by atoms with Gasteiger partial charge in [0.15, 0.2) is 0 Å². The predicted molar refractivity (Wildman–Crippen MR) is 251 cm³/mol. The summed E-state index contributed by atoms with van der Waals surface area (Å²) in [4.78, 5) is 35.0. The highest BCUT2D eigenvalue weighted by Crippen LogP contribution is 2.62. The maximum atomic E-state index is 14.4. The molecule has 1 aliphatic heterocycles. The monoisotopic (exact) mass is 888 g/mol. The highest BCUT2D eigenvalue weighted by atomic mass is 16.7. The van der Waals surface area contributed by atoms with Gasteiger partial charge >= 0.3 is 12.2 Å². The SMILES string of the molecule is C=CCOC12Oc3ccc(OC(=O)NCCCCCCCCCCCC)cc3C3C(CCCCO)C(CCCCO)C=C(C(=NOC)CC1N(CCC)C(=O)OCc1ccccc1)C32. The zero-order valence-electron chi connectivity index (χ0n) is 39.0. The van der Waals surface area contributed by atoms with Gasteiger partial charge in [0, 0.05) is 44.2 Å². The van der Waals surface area contributed by atoms with Gasteiger partial charge in [0.05, 0.1) is 18.2 Å². The highest BCUT2D eigenvalue weighted by molar-refractivity contribution is 6.03. The number of aliphatic hydroxyl groups excluding tert-OH is 2. The molecule has 0 spiro atoms. The molecule has 0 radical (unpaired) electrons. The lowest BCUT2D eigenvalue weighted by atomic mass is 9.55. The molecule has 0 aromatic heterocycles. The minimum atomic E-state index is -1.41. The van der Waals surface area contributed by atoms with Crippen molar-refractivity contribution in [3.63, 3.8) is 0 Å². The lowest BCUT2D eigenvalue weighted by Gasteiger charge is -2.59. The van der Waals surface area contributed by atoms with Crippen LogP contribution in [-0.4, -0.2) is 84.9 Å². The molecule has 2 amide bonds. The Balaban J connectivity index is 1.51. The molecule has 6 atom stereocenters. The maximum Gasteiger partial charge on any atom is 0.412 e.